The molecule has 1 aromatic heterocycles. The molecule has 1 N–H and O–H groups in total. The average Bonchev–Trinajstić information content (AvgIpc) is 2.64. The Morgan fingerprint density at radius 3 is 2.78 bits per heavy atom. The zero-order valence-corrected chi connectivity index (χ0v) is 10.4. The zero-order chi connectivity index (χ0) is 13.1. The fraction of sp³-hybridized carbons (Fsp3) is 0.182. The lowest BCUT2D eigenvalue weighted by Gasteiger charge is -2.06. The molecule has 94 valence electrons. The van der Waals surface area contributed by atoms with Gasteiger partial charge in [0.25, 0.3) is 0 Å². The molecule has 0 aliphatic carbocycles. The number of aromatic nitrogens is 3. The maximum atomic E-state index is 11.7. The molecule has 0 atom stereocenters. The first kappa shape index (κ1) is 12.4. The predicted octanol–water partition coefficient (Wildman–Crippen LogP) is 0.874. The average molecular weight is 267 g/mol. The van der Waals surface area contributed by atoms with Gasteiger partial charge in [-0.25, -0.2) is 9.48 Å². The number of hydrogen-bond donors (Lipinski definition) is 1. The minimum Gasteiger partial charge on any atom is -0.323 e. The van der Waals surface area contributed by atoms with Gasteiger partial charge in [0.1, 0.15) is 12.9 Å². The van der Waals surface area contributed by atoms with E-state index in [1.165, 1.54) is 17.9 Å². The zero-order valence-electron chi connectivity index (χ0n) is 9.63. The van der Waals surface area contributed by atoms with Crippen LogP contribution in [0, 0.1) is 0 Å². The van der Waals surface area contributed by atoms with Gasteiger partial charge in [-0.15, -0.1) is 0 Å². The van der Waals surface area contributed by atoms with Gasteiger partial charge in [-0.3, -0.25) is 9.36 Å². The van der Waals surface area contributed by atoms with E-state index in [0.29, 0.717) is 10.7 Å². The smallest absolute Gasteiger partial charge is 0.323 e. The number of halogens is 1. The van der Waals surface area contributed by atoms with Gasteiger partial charge in [-0.05, 0) is 12.1 Å². The molecular formula is C11H11ClN4O2. The minimum atomic E-state index is -0.343. The van der Waals surface area contributed by atoms with Crippen LogP contribution in [0.1, 0.15) is 0 Å². The van der Waals surface area contributed by atoms with Gasteiger partial charge in [0.05, 0.1) is 10.7 Å². The van der Waals surface area contributed by atoms with Crippen LogP contribution in [0.4, 0.5) is 5.69 Å². The fourth-order valence-electron chi connectivity index (χ4n) is 1.44. The highest BCUT2D eigenvalue weighted by atomic mass is 35.5. The van der Waals surface area contributed by atoms with Crippen molar-refractivity contribution < 1.29 is 4.79 Å². The molecule has 1 aromatic carbocycles. The summed E-state index contributed by atoms with van der Waals surface area (Å²) in [4.78, 5) is 23.2. The van der Waals surface area contributed by atoms with Gasteiger partial charge in [0, 0.05) is 7.05 Å². The van der Waals surface area contributed by atoms with Crippen molar-refractivity contribution in [1.29, 1.82) is 0 Å². The molecule has 18 heavy (non-hydrogen) atoms. The Kier molecular flexibility index (Phi) is 3.47. The number of anilines is 1. The van der Waals surface area contributed by atoms with Crippen LogP contribution < -0.4 is 11.0 Å². The molecule has 0 aliphatic rings. The first-order valence-corrected chi connectivity index (χ1v) is 5.58. The van der Waals surface area contributed by atoms with Crippen LogP contribution >= 0.6 is 11.6 Å². The SMILES string of the molecule is Cn1ncn(CC(=O)Nc2ccccc2Cl)c1=O. The number of nitrogens with zero attached hydrogens (tertiary/aromatic N) is 3. The molecule has 0 unspecified atom stereocenters. The summed E-state index contributed by atoms with van der Waals surface area (Å²) in [5, 5.41) is 6.83. The standard InChI is InChI=1S/C11H11ClN4O2/c1-15-11(18)16(7-13-15)6-10(17)14-9-5-3-2-4-8(9)12/h2-5,7H,6H2,1H3,(H,14,17). The molecule has 0 spiro atoms. The summed E-state index contributed by atoms with van der Waals surface area (Å²) in [5.74, 6) is -0.335. The summed E-state index contributed by atoms with van der Waals surface area (Å²) >= 11 is 5.91. The fourth-order valence-corrected chi connectivity index (χ4v) is 1.62. The Labute approximate surface area is 108 Å². The third-order valence-corrected chi connectivity index (χ3v) is 2.68. The molecule has 0 bridgehead atoms. The number of carbonyl (C=O) groups is 1. The Bertz CT molecular complexity index is 632. The molecule has 0 radical (unpaired) electrons. The highest BCUT2D eigenvalue weighted by molar-refractivity contribution is 6.33. The maximum Gasteiger partial charge on any atom is 0.345 e. The van der Waals surface area contributed by atoms with Crippen LogP contribution in [-0.4, -0.2) is 20.3 Å². The number of hydrogen-bond acceptors (Lipinski definition) is 3. The molecular weight excluding hydrogens is 256 g/mol. The second-order valence-corrected chi connectivity index (χ2v) is 4.10. The van der Waals surface area contributed by atoms with Gasteiger partial charge in [-0.1, -0.05) is 23.7 Å². The molecule has 2 aromatic rings. The van der Waals surface area contributed by atoms with E-state index in [0.717, 1.165) is 4.68 Å². The third-order valence-electron chi connectivity index (χ3n) is 2.35. The van der Waals surface area contributed by atoms with E-state index in [1.807, 2.05) is 0 Å². The van der Waals surface area contributed by atoms with Crippen molar-refractivity contribution in [3.63, 3.8) is 0 Å². The highest BCUT2D eigenvalue weighted by Crippen LogP contribution is 2.20. The quantitative estimate of drug-likeness (QED) is 0.896. The van der Waals surface area contributed by atoms with Crippen molar-refractivity contribution in [1.82, 2.24) is 14.3 Å². The summed E-state index contributed by atoms with van der Waals surface area (Å²) in [7, 11) is 1.52. The first-order chi connectivity index (χ1) is 8.58. The van der Waals surface area contributed by atoms with E-state index >= 15 is 0 Å². The van der Waals surface area contributed by atoms with Crippen molar-refractivity contribution in [2.45, 2.75) is 6.54 Å². The predicted molar refractivity (Wildman–Crippen MR) is 67.5 cm³/mol. The second kappa shape index (κ2) is 5.05. The van der Waals surface area contributed by atoms with Crippen molar-refractivity contribution in [2.24, 2.45) is 7.05 Å². The largest absolute Gasteiger partial charge is 0.345 e. The summed E-state index contributed by atoms with van der Waals surface area (Å²) in [6, 6.07) is 6.89. The van der Waals surface area contributed by atoms with Crippen molar-refractivity contribution in [3.05, 3.63) is 46.1 Å². The van der Waals surface area contributed by atoms with Gasteiger partial charge >= 0.3 is 5.69 Å². The highest BCUT2D eigenvalue weighted by Gasteiger charge is 2.08. The minimum absolute atomic E-state index is 0.0993. The lowest BCUT2D eigenvalue weighted by Crippen LogP contribution is -2.28. The van der Waals surface area contributed by atoms with Crippen LogP contribution in [0.3, 0.4) is 0 Å². The summed E-state index contributed by atoms with van der Waals surface area (Å²) in [6.45, 7) is -0.0993. The molecule has 0 aliphatic heterocycles. The number of amides is 1. The van der Waals surface area contributed by atoms with E-state index in [4.69, 9.17) is 11.6 Å². The van der Waals surface area contributed by atoms with Gasteiger partial charge < -0.3 is 5.32 Å². The van der Waals surface area contributed by atoms with Crippen LogP contribution in [0.2, 0.25) is 5.02 Å². The normalized spacial score (nSPS) is 10.3. The first-order valence-electron chi connectivity index (χ1n) is 5.21. The molecule has 6 nitrogen and oxygen atoms in total. The van der Waals surface area contributed by atoms with Crippen LogP contribution in [0.15, 0.2) is 35.4 Å². The van der Waals surface area contributed by atoms with Gasteiger partial charge in [0.15, 0.2) is 0 Å². The van der Waals surface area contributed by atoms with E-state index in [9.17, 15) is 9.59 Å². The summed E-state index contributed by atoms with van der Waals surface area (Å²) in [6.07, 6.45) is 1.31. The van der Waals surface area contributed by atoms with E-state index in [-0.39, 0.29) is 18.1 Å². The third kappa shape index (κ3) is 2.60. The molecule has 0 saturated heterocycles. The molecule has 2 rings (SSSR count). The monoisotopic (exact) mass is 266 g/mol. The van der Waals surface area contributed by atoms with Crippen LogP contribution in [0.5, 0.6) is 0 Å². The van der Waals surface area contributed by atoms with Crippen molar-refractivity contribution in [2.75, 3.05) is 5.32 Å². The van der Waals surface area contributed by atoms with Crippen molar-refractivity contribution >= 4 is 23.2 Å². The number of benzene rings is 1. The van der Waals surface area contributed by atoms with Crippen molar-refractivity contribution in [3.8, 4) is 0 Å². The van der Waals surface area contributed by atoms with E-state index in [2.05, 4.69) is 10.4 Å². The lowest BCUT2D eigenvalue weighted by atomic mass is 10.3. The lowest BCUT2D eigenvalue weighted by molar-refractivity contribution is -0.116. The van der Waals surface area contributed by atoms with Gasteiger partial charge in [-0.2, -0.15) is 5.10 Å². The molecule has 7 heteroatoms. The van der Waals surface area contributed by atoms with Crippen LogP contribution in [0.25, 0.3) is 0 Å². The maximum absolute atomic E-state index is 11.7. The van der Waals surface area contributed by atoms with E-state index < -0.39 is 0 Å². The number of rotatable bonds is 3. The topological polar surface area (TPSA) is 68.9 Å². The number of para-hydroxylation sites is 1. The Morgan fingerprint density at radius 2 is 2.17 bits per heavy atom. The van der Waals surface area contributed by atoms with Gasteiger partial charge in [0.2, 0.25) is 5.91 Å². The number of aryl methyl sites for hydroxylation is 1. The number of carbonyl (C=O) groups excluding carboxylic acids is 1. The van der Waals surface area contributed by atoms with Crippen LogP contribution in [-0.2, 0) is 18.4 Å². The summed E-state index contributed by atoms with van der Waals surface area (Å²) in [5.41, 5.74) is 0.172. The van der Waals surface area contributed by atoms with E-state index in [1.54, 1.807) is 24.3 Å². The Hall–Kier alpha value is -2.08. The molecule has 1 heterocycles. The summed E-state index contributed by atoms with van der Waals surface area (Å²) < 4.78 is 2.37. The molecule has 0 fully saturated rings. The Morgan fingerprint density at radius 1 is 1.44 bits per heavy atom. The second-order valence-electron chi connectivity index (χ2n) is 3.69. The molecule has 1 amide bonds. The Balaban J connectivity index is 2.08. The number of nitrogens with one attached hydrogen (secondary N) is 1. The molecule has 0 saturated carbocycles.